The average molecular weight is 231 g/mol. The van der Waals surface area contributed by atoms with Crippen LogP contribution in [-0.2, 0) is 0 Å². The minimum Gasteiger partial charge on any atom is -0.310 e. The highest BCUT2D eigenvalue weighted by atomic mass is 14.9. The van der Waals surface area contributed by atoms with Crippen LogP contribution in [-0.4, -0.2) is 6.54 Å². The normalized spacial score (nSPS) is 23.8. The van der Waals surface area contributed by atoms with Crippen LogP contribution < -0.4 is 5.32 Å². The summed E-state index contributed by atoms with van der Waals surface area (Å²) in [5, 5.41) is 3.63. The number of hydrogen-bond acceptors (Lipinski definition) is 1. The lowest BCUT2D eigenvalue weighted by atomic mass is 9.79. The Morgan fingerprint density at radius 3 is 2.65 bits per heavy atom. The van der Waals surface area contributed by atoms with Crippen LogP contribution in [0.3, 0.4) is 0 Å². The van der Waals surface area contributed by atoms with E-state index in [0.717, 1.165) is 12.5 Å². The summed E-state index contributed by atoms with van der Waals surface area (Å²) in [5.41, 5.74) is 4.59. The van der Waals surface area contributed by atoms with E-state index in [0.29, 0.717) is 12.0 Å². The topological polar surface area (TPSA) is 12.0 Å². The second-order valence-electron chi connectivity index (χ2n) is 5.63. The number of benzene rings is 1. The van der Waals surface area contributed by atoms with E-state index in [9.17, 15) is 0 Å². The fourth-order valence-corrected chi connectivity index (χ4v) is 2.89. The molecule has 2 unspecified atom stereocenters. The molecule has 1 aromatic carbocycles. The SMILES string of the molecule is CCNC1CCC(C)c2ccc(C(C)C)cc21. The van der Waals surface area contributed by atoms with E-state index in [1.807, 2.05) is 0 Å². The molecule has 2 rings (SSSR count). The molecule has 0 fully saturated rings. The Hall–Kier alpha value is -0.820. The second-order valence-corrected chi connectivity index (χ2v) is 5.63. The van der Waals surface area contributed by atoms with Crippen LogP contribution in [0.4, 0.5) is 0 Å². The maximum atomic E-state index is 3.63. The third-order valence-corrected chi connectivity index (χ3v) is 4.02. The molecule has 0 radical (unpaired) electrons. The second kappa shape index (κ2) is 5.22. The fraction of sp³-hybridized carbons (Fsp3) is 0.625. The molecular weight excluding hydrogens is 206 g/mol. The number of hydrogen-bond donors (Lipinski definition) is 1. The number of fused-ring (bicyclic) bond motifs is 1. The van der Waals surface area contributed by atoms with Gasteiger partial charge in [-0.15, -0.1) is 0 Å². The summed E-state index contributed by atoms with van der Waals surface area (Å²) in [6, 6.07) is 7.68. The van der Waals surface area contributed by atoms with E-state index in [4.69, 9.17) is 0 Å². The summed E-state index contributed by atoms with van der Waals surface area (Å²) < 4.78 is 0. The third-order valence-electron chi connectivity index (χ3n) is 4.02. The van der Waals surface area contributed by atoms with Crippen LogP contribution in [0.5, 0.6) is 0 Å². The molecule has 1 N–H and O–H groups in total. The predicted octanol–water partition coefficient (Wildman–Crippen LogP) is 4.36. The monoisotopic (exact) mass is 231 g/mol. The van der Waals surface area contributed by atoms with E-state index in [-0.39, 0.29) is 0 Å². The van der Waals surface area contributed by atoms with Crippen LogP contribution in [0.1, 0.15) is 75.1 Å². The molecule has 0 amide bonds. The molecule has 1 heteroatoms. The van der Waals surface area contributed by atoms with Crippen LogP contribution in [0.15, 0.2) is 18.2 Å². The van der Waals surface area contributed by atoms with E-state index in [1.54, 1.807) is 11.1 Å². The van der Waals surface area contributed by atoms with E-state index < -0.39 is 0 Å². The van der Waals surface area contributed by atoms with Crippen molar-refractivity contribution in [3.05, 3.63) is 34.9 Å². The van der Waals surface area contributed by atoms with Gasteiger partial charge in [-0.1, -0.05) is 45.9 Å². The van der Waals surface area contributed by atoms with Crippen molar-refractivity contribution in [1.82, 2.24) is 5.32 Å². The molecular formula is C16H25N. The molecule has 0 bridgehead atoms. The fourth-order valence-electron chi connectivity index (χ4n) is 2.89. The molecule has 0 saturated heterocycles. The highest BCUT2D eigenvalue weighted by Crippen LogP contribution is 2.38. The first kappa shape index (κ1) is 12.6. The summed E-state index contributed by atoms with van der Waals surface area (Å²) in [7, 11) is 0. The Morgan fingerprint density at radius 1 is 1.24 bits per heavy atom. The van der Waals surface area contributed by atoms with Crippen LogP contribution in [0.2, 0.25) is 0 Å². The van der Waals surface area contributed by atoms with Crippen molar-refractivity contribution < 1.29 is 0 Å². The summed E-state index contributed by atoms with van der Waals surface area (Å²) in [5.74, 6) is 1.35. The van der Waals surface area contributed by atoms with Gasteiger partial charge in [0.25, 0.3) is 0 Å². The summed E-state index contributed by atoms with van der Waals surface area (Å²) in [6.45, 7) is 10.2. The highest BCUT2D eigenvalue weighted by molar-refractivity contribution is 5.39. The molecule has 1 aliphatic carbocycles. The summed E-state index contributed by atoms with van der Waals surface area (Å²) in [4.78, 5) is 0. The lowest BCUT2D eigenvalue weighted by molar-refractivity contribution is 0.440. The highest BCUT2D eigenvalue weighted by Gasteiger charge is 2.24. The Balaban J connectivity index is 2.38. The van der Waals surface area contributed by atoms with Crippen molar-refractivity contribution >= 4 is 0 Å². The van der Waals surface area contributed by atoms with Crippen molar-refractivity contribution in [1.29, 1.82) is 0 Å². The molecule has 0 saturated carbocycles. The van der Waals surface area contributed by atoms with Gasteiger partial charge in [0.1, 0.15) is 0 Å². The molecule has 17 heavy (non-hydrogen) atoms. The standard InChI is InChI=1S/C16H25N/c1-5-17-16-9-6-12(4)14-8-7-13(11(2)3)10-15(14)16/h7-8,10-12,16-17H,5-6,9H2,1-4H3. The molecule has 1 nitrogen and oxygen atoms in total. The zero-order valence-corrected chi connectivity index (χ0v) is 11.6. The Bertz CT molecular complexity index is 381. The average Bonchev–Trinajstić information content (AvgIpc) is 2.32. The van der Waals surface area contributed by atoms with Gasteiger partial charge in [-0.25, -0.2) is 0 Å². The molecule has 2 atom stereocenters. The van der Waals surface area contributed by atoms with Crippen LogP contribution >= 0.6 is 0 Å². The van der Waals surface area contributed by atoms with Gasteiger partial charge in [0.2, 0.25) is 0 Å². The van der Waals surface area contributed by atoms with Gasteiger partial charge >= 0.3 is 0 Å². The smallest absolute Gasteiger partial charge is 0.0323 e. The van der Waals surface area contributed by atoms with Crippen LogP contribution in [0, 0.1) is 0 Å². The minimum absolute atomic E-state index is 0.574. The van der Waals surface area contributed by atoms with Gasteiger partial charge in [-0.05, 0) is 47.9 Å². The Kier molecular flexibility index (Phi) is 3.88. The van der Waals surface area contributed by atoms with Crippen LogP contribution in [0.25, 0.3) is 0 Å². The molecule has 0 aromatic heterocycles. The first-order chi connectivity index (χ1) is 8.13. The molecule has 0 heterocycles. The van der Waals surface area contributed by atoms with Crippen molar-refractivity contribution in [2.45, 2.75) is 58.4 Å². The molecule has 1 aromatic rings. The van der Waals surface area contributed by atoms with E-state index in [2.05, 4.69) is 51.2 Å². The van der Waals surface area contributed by atoms with Crippen molar-refractivity contribution in [3.63, 3.8) is 0 Å². The quantitative estimate of drug-likeness (QED) is 0.815. The number of nitrogens with one attached hydrogen (secondary N) is 1. The lowest BCUT2D eigenvalue weighted by Crippen LogP contribution is -2.26. The van der Waals surface area contributed by atoms with Crippen molar-refractivity contribution in [2.75, 3.05) is 6.54 Å². The molecule has 1 aliphatic rings. The number of rotatable bonds is 3. The Morgan fingerprint density at radius 2 is 2.00 bits per heavy atom. The van der Waals surface area contributed by atoms with Crippen molar-refractivity contribution in [2.24, 2.45) is 0 Å². The van der Waals surface area contributed by atoms with E-state index in [1.165, 1.54) is 18.4 Å². The summed E-state index contributed by atoms with van der Waals surface area (Å²) in [6.07, 6.45) is 2.59. The largest absolute Gasteiger partial charge is 0.310 e. The maximum Gasteiger partial charge on any atom is 0.0323 e. The van der Waals surface area contributed by atoms with Crippen molar-refractivity contribution in [3.8, 4) is 0 Å². The third kappa shape index (κ3) is 2.55. The van der Waals surface area contributed by atoms with Gasteiger partial charge in [0, 0.05) is 6.04 Å². The van der Waals surface area contributed by atoms with Gasteiger partial charge < -0.3 is 5.32 Å². The zero-order chi connectivity index (χ0) is 12.4. The maximum absolute atomic E-state index is 3.63. The first-order valence-electron chi connectivity index (χ1n) is 7.00. The summed E-state index contributed by atoms with van der Waals surface area (Å²) >= 11 is 0. The zero-order valence-electron chi connectivity index (χ0n) is 11.6. The first-order valence-corrected chi connectivity index (χ1v) is 7.00. The molecule has 0 spiro atoms. The lowest BCUT2D eigenvalue weighted by Gasteiger charge is -2.31. The molecule has 94 valence electrons. The predicted molar refractivity (Wildman–Crippen MR) is 74.6 cm³/mol. The van der Waals surface area contributed by atoms with Gasteiger partial charge in [-0.2, -0.15) is 0 Å². The van der Waals surface area contributed by atoms with Gasteiger partial charge in [-0.3, -0.25) is 0 Å². The van der Waals surface area contributed by atoms with Gasteiger partial charge in [0.05, 0.1) is 0 Å². The van der Waals surface area contributed by atoms with Gasteiger partial charge in [0.15, 0.2) is 0 Å². The Labute approximate surface area is 106 Å². The molecule has 0 aliphatic heterocycles. The minimum atomic E-state index is 0.574. The van der Waals surface area contributed by atoms with E-state index >= 15 is 0 Å².